The third kappa shape index (κ3) is 4.33. The van der Waals surface area contributed by atoms with E-state index in [0.29, 0.717) is 17.2 Å². The Bertz CT molecular complexity index is 1120. The lowest BCUT2D eigenvalue weighted by molar-refractivity contribution is -0.117. The number of hydrogen-bond donors (Lipinski definition) is 1. The molecule has 0 spiro atoms. The monoisotopic (exact) mass is 410 g/mol. The van der Waals surface area contributed by atoms with Crippen LogP contribution in [0.25, 0.3) is 0 Å². The van der Waals surface area contributed by atoms with E-state index in [2.05, 4.69) is 0 Å². The van der Waals surface area contributed by atoms with Crippen molar-refractivity contribution in [2.24, 2.45) is 0 Å². The van der Waals surface area contributed by atoms with Gasteiger partial charge in [0.15, 0.2) is 0 Å². The number of nitrogens with one attached hydrogen (secondary N) is 1. The minimum absolute atomic E-state index is 0.229. The van der Waals surface area contributed by atoms with Crippen molar-refractivity contribution in [1.29, 1.82) is 0 Å². The molecule has 8 heteroatoms. The summed E-state index contributed by atoms with van der Waals surface area (Å²) in [5.74, 6) is 0.755. The molecule has 29 heavy (non-hydrogen) atoms. The molecule has 1 saturated heterocycles. The Kier molecular flexibility index (Phi) is 5.09. The normalized spacial score (nSPS) is 15.0. The lowest BCUT2D eigenvalue weighted by Gasteiger charge is -2.20. The number of ether oxygens (including phenoxy) is 2. The zero-order valence-corrected chi connectivity index (χ0v) is 16.1. The van der Waals surface area contributed by atoms with Crippen molar-refractivity contribution >= 4 is 21.8 Å². The molecule has 148 valence electrons. The number of para-hydroxylation sites is 1. The van der Waals surface area contributed by atoms with Crippen molar-refractivity contribution in [3.05, 3.63) is 84.4 Å². The Labute approximate surface area is 168 Å². The molecule has 3 aromatic carbocycles. The topological polar surface area (TPSA) is 84.9 Å². The van der Waals surface area contributed by atoms with E-state index in [1.54, 1.807) is 30.3 Å². The summed E-state index contributed by atoms with van der Waals surface area (Å²) in [6.07, 6.45) is 0. The number of benzene rings is 3. The van der Waals surface area contributed by atoms with Crippen LogP contribution in [0.15, 0.2) is 78.9 Å². The van der Waals surface area contributed by atoms with Crippen molar-refractivity contribution in [1.82, 2.24) is 4.72 Å². The highest BCUT2D eigenvalue weighted by molar-refractivity contribution is 7.92. The summed E-state index contributed by atoms with van der Waals surface area (Å²) in [5, 5.41) is 0. The van der Waals surface area contributed by atoms with Gasteiger partial charge in [-0.15, -0.1) is 0 Å². The highest BCUT2D eigenvalue weighted by atomic mass is 32.2. The van der Waals surface area contributed by atoms with Gasteiger partial charge in [0, 0.05) is 6.07 Å². The molecular weight excluding hydrogens is 392 g/mol. The second-order valence-corrected chi connectivity index (χ2v) is 7.95. The predicted molar refractivity (Wildman–Crippen MR) is 108 cm³/mol. The van der Waals surface area contributed by atoms with Crippen molar-refractivity contribution in [2.75, 3.05) is 10.8 Å². The fraction of sp³-hybridized carbons (Fsp3) is 0.0952. The van der Waals surface area contributed by atoms with Gasteiger partial charge in [0.1, 0.15) is 30.4 Å². The molecular formula is C21H18N2O5S. The van der Waals surface area contributed by atoms with Gasteiger partial charge in [-0.3, -0.25) is 4.79 Å². The molecule has 0 aromatic heterocycles. The zero-order chi connectivity index (χ0) is 20.3. The fourth-order valence-corrected chi connectivity index (χ4v) is 4.05. The Morgan fingerprint density at radius 2 is 1.59 bits per heavy atom. The number of amides is 1. The van der Waals surface area contributed by atoms with E-state index in [-0.39, 0.29) is 18.8 Å². The molecule has 4 rings (SSSR count). The molecule has 0 saturated carbocycles. The van der Waals surface area contributed by atoms with Gasteiger partial charge in [-0.2, -0.15) is 8.42 Å². The molecule has 1 heterocycles. The van der Waals surface area contributed by atoms with Crippen molar-refractivity contribution < 1.29 is 22.7 Å². The Hall–Kier alpha value is -3.52. The lowest BCUT2D eigenvalue weighted by atomic mass is 10.2. The number of nitrogens with zero attached hydrogens (tertiary/aromatic N) is 1. The number of hydrogen-bond acceptors (Lipinski definition) is 5. The minimum atomic E-state index is -3.99. The molecule has 1 N–H and O–H groups in total. The Morgan fingerprint density at radius 1 is 0.897 bits per heavy atom. The van der Waals surface area contributed by atoms with Gasteiger partial charge in [-0.1, -0.05) is 48.5 Å². The van der Waals surface area contributed by atoms with Crippen LogP contribution in [0.1, 0.15) is 5.56 Å². The molecule has 1 amide bonds. The van der Waals surface area contributed by atoms with Crippen LogP contribution >= 0.6 is 0 Å². The van der Waals surface area contributed by atoms with Crippen molar-refractivity contribution in [3.63, 3.8) is 0 Å². The van der Waals surface area contributed by atoms with Gasteiger partial charge in [0.05, 0.1) is 5.69 Å². The standard InChI is InChI=1S/C21H18N2O5S/c24-21-14-23(29(25,26)22-21)19-13-18(28-17-9-5-2-6-10-17)11-12-20(19)27-15-16-7-3-1-4-8-16/h1-13H,14-15H2,(H,22,24). The second-order valence-electron chi connectivity index (χ2n) is 6.36. The van der Waals surface area contributed by atoms with Gasteiger partial charge in [0.25, 0.3) is 5.91 Å². The number of carbonyl (C=O) groups excluding carboxylic acids is 1. The molecule has 0 radical (unpaired) electrons. The average Bonchev–Trinajstić information content (AvgIpc) is 3.00. The van der Waals surface area contributed by atoms with Gasteiger partial charge < -0.3 is 9.47 Å². The van der Waals surface area contributed by atoms with Crippen LogP contribution in [0.3, 0.4) is 0 Å². The van der Waals surface area contributed by atoms with Crippen molar-refractivity contribution in [3.8, 4) is 17.2 Å². The molecule has 1 fully saturated rings. The van der Waals surface area contributed by atoms with E-state index in [4.69, 9.17) is 9.47 Å². The number of carbonyl (C=O) groups is 1. The molecule has 0 aliphatic carbocycles. The average molecular weight is 410 g/mol. The summed E-state index contributed by atoms with van der Waals surface area (Å²) in [6.45, 7) is -0.0686. The van der Waals surface area contributed by atoms with Crippen LogP contribution in [0.2, 0.25) is 0 Å². The highest BCUT2D eigenvalue weighted by Crippen LogP contribution is 2.36. The first-order valence-corrected chi connectivity index (χ1v) is 10.3. The number of anilines is 1. The fourth-order valence-electron chi connectivity index (χ4n) is 2.90. The summed E-state index contributed by atoms with van der Waals surface area (Å²) in [4.78, 5) is 11.7. The third-order valence-corrected chi connectivity index (χ3v) is 5.63. The summed E-state index contributed by atoms with van der Waals surface area (Å²) in [6, 6.07) is 23.5. The largest absolute Gasteiger partial charge is 0.487 e. The predicted octanol–water partition coefficient (Wildman–Crippen LogP) is 3.24. The molecule has 0 atom stereocenters. The molecule has 3 aromatic rings. The van der Waals surface area contributed by atoms with Gasteiger partial charge >= 0.3 is 10.2 Å². The zero-order valence-electron chi connectivity index (χ0n) is 15.3. The summed E-state index contributed by atoms with van der Waals surface area (Å²) >= 11 is 0. The first-order chi connectivity index (χ1) is 14.0. The summed E-state index contributed by atoms with van der Waals surface area (Å²) in [5.41, 5.74) is 1.16. The smallest absolute Gasteiger partial charge is 0.326 e. The van der Waals surface area contributed by atoms with Crippen LogP contribution < -0.4 is 18.5 Å². The lowest BCUT2D eigenvalue weighted by Crippen LogP contribution is -2.29. The third-order valence-electron chi connectivity index (χ3n) is 4.24. The highest BCUT2D eigenvalue weighted by Gasteiger charge is 2.36. The van der Waals surface area contributed by atoms with Gasteiger partial charge in [-0.25, -0.2) is 9.03 Å². The van der Waals surface area contributed by atoms with Crippen LogP contribution in [-0.2, 0) is 21.6 Å². The maximum Gasteiger partial charge on any atom is 0.326 e. The first-order valence-electron chi connectivity index (χ1n) is 8.88. The molecule has 1 aliphatic rings. The number of rotatable bonds is 6. The van der Waals surface area contributed by atoms with Crippen molar-refractivity contribution in [2.45, 2.75) is 6.61 Å². The molecule has 1 aliphatic heterocycles. The van der Waals surface area contributed by atoms with E-state index in [0.717, 1.165) is 9.87 Å². The van der Waals surface area contributed by atoms with Gasteiger partial charge in [0.2, 0.25) is 0 Å². The van der Waals surface area contributed by atoms with Crippen LogP contribution in [0.5, 0.6) is 17.2 Å². The van der Waals surface area contributed by atoms with E-state index >= 15 is 0 Å². The molecule has 0 unspecified atom stereocenters. The maximum absolute atomic E-state index is 12.4. The summed E-state index contributed by atoms with van der Waals surface area (Å²) < 4.78 is 39.4. The van der Waals surface area contributed by atoms with E-state index in [9.17, 15) is 13.2 Å². The summed E-state index contributed by atoms with van der Waals surface area (Å²) in [7, 11) is -3.99. The quantitative estimate of drug-likeness (QED) is 0.674. The maximum atomic E-state index is 12.4. The van der Waals surface area contributed by atoms with E-state index < -0.39 is 16.1 Å². The second kappa shape index (κ2) is 7.84. The molecule has 7 nitrogen and oxygen atoms in total. The Morgan fingerprint density at radius 3 is 2.24 bits per heavy atom. The first kappa shape index (κ1) is 18.8. The van der Waals surface area contributed by atoms with Crippen LogP contribution in [-0.4, -0.2) is 20.9 Å². The van der Waals surface area contributed by atoms with E-state index in [1.807, 2.05) is 53.3 Å². The van der Waals surface area contributed by atoms with Gasteiger partial charge in [-0.05, 0) is 29.8 Å². The minimum Gasteiger partial charge on any atom is -0.487 e. The van der Waals surface area contributed by atoms with Crippen LogP contribution in [0, 0.1) is 0 Å². The van der Waals surface area contributed by atoms with E-state index in [1.165, 1.54) is 0 Å². The van der Waals surface area contributed by atoms with Crippen LogP contribution in [0.4, 0.5) is 5.69 Å². The Balaban J connectivity index is 1.67. The molecule has 0 bridgehead atoms. The SMILES string of the molecule is O=C1CN(c2cc(Oc3ccccc3)ccc2OCc2ccccc2)S(=O)(=O)N1.